The van der Waals surface area contributed by atoms with Crippen molar-refractivity contribution < 1.29 is 21.6 Å². The number of hydrogen-bond acceptors (Lipinski definition) is 3. The van der Waals surface area contributed by atoms with Crippen LogP contribution in [0, 0.1) is 0 Å². The van der Waals surface area contributed by atoms with Crippen LogP contribution in [-0.4, -0.2) is 26.8 Å². The second-order valence-corrected chi connectivity index (χ2v) is 7.84. The van der Waals surface area contributed by atoms with Crippen LogP contribution in [-0.2, 0) is 29.3 Å². The lowest BCUT2D eigenvalue weighted by Crippen LogP contribution is -2.22. The molecule has 0 radical (unpaired) electrons. The van der Waals surface area contributed by atoms with E-state index in [1.165, 1.54) is 38.4 Å². The van der Waals surface area contributed by atoms with Crippen molar-refractivity contribution in [2.24, 2.45) is 0 Å². The predicted molar refractivity (Wildman–Crippen MR) is 89.3 cm³/mol. The van der Waals surface area contributed by atoms with Crippen molar-refractivity contribution in [2.45, 2.75) is 24.2 Å². The Bertz CT molecular complexity index is 817. The van der Waals surface area contributed by atoms with E-state index in [9.17, 15) is 21.6 Å². The van der Waals surface area contributed by atoms with Crippen LogP contribution in [0.3, 0.4) is 0 Å². The summed E-state index contributed by atoms with van der Waals surface area (Å²) in [5, 5.41) is 2.95. The van der Waals surface area contributed by atoms with Gasteiger partial charge in [-0.2, -0.15) is 13.2 Å². The fraction of sp³-hybridized carbons (Fsp3) is 0.294. The summed E-state index contributed by atoms with van der Waals surface area (Å²) in [6, 6.07) is 11.6. The molecule has 0 atom stereocenters. The van der Waals surface area contributed by atoms with Gasteiger partial charge in [-0.05, 0) is 29.3 Å². The van der Waals surface area contributed by atoms with E-state index >= 15 is 0 Å². The molecule has 0 spiro atoms. The molecule has 0 heterocycles. The molecule has 0 aromatic heterocycles. The van der Waals surface area contributed by atoms with Crippen molar-refractivity contribution in [1.29, 1.82) is 0 Å². The summed E-state index contributed by atoms with van der Waals surface area (Å²) in [5.74, 6) is 0. The summed E-state index contributed by atoms with van der Waals surface area (Å²) in [7, 11) is -0.597. The van der Waals surface area contributed by atoms with Crippen molar-refractivity contribution in [3.05, 3.63) is 65.2 Å². The van der Waals surface area contributed by atoms with E-state index in [0.29, 0.717) is 6.54 Å². The van der Waals surface area contributed by atoms with Gasteiger partial charge in [0.2, 0.25) is 10.0 Å². The Morgan fingerprint density at radius 3 is 2.12 bits per heavy atom. The highest BCUT2D eigenvalue weighted by molar-refractivity contribution is 7.89. The lowest BCUT2D eigenvalue weighted by atomic mass is 10.1. The minimum atomic E-state index is -4.39. The van der Waals surface area contributed by atoms with Crippen LogP contribution in [0.15, 0.2) is 53.4 Å². The van der Waals surface area contributed by atoms with E-state index in [0.717, 1.165) is 15.9 Å². The first kappa shape index (κ1) is 19.4. The van der Waals surface area contributed by atoms with Gasteiger partial charge in [0.15, 0.2) is 0 Å². The van der Waals surface area contributed by atoms with Crippen LogP contribution in [0.1, 0.15) is 16.7 Å². The van der Waals surface area contributed by atoms with Gasteiger partial charge in [-0.3, -0.25) is 0 Å². The molecule has 0 saturated carbocycles. The largest absolute Gasteiger partial charge is 0.416 e. The number of hydrogen-bond donors (Lipinski definition) is 1. The van der Waals surface area contributed by atoms with Crippen molar-refractivity contribution in [1.82, 2.24) is 9.62 Å². The Kier molecular flexibility index (Phi) is 5.87. The Balaban J connectivity index is 2.02. The van der Waals surface area contributed by atoms with Gasteiger partial charge in [-0.25, -0.2) is 12.7 Å². The Morgan fingerprint density at radius 2 is 1.56 bits per heavy atom. The Hall–Kier alpha value is -1.90. The van der Waals surface area contributed by atoms with E-state index in [4.69, 9.17) is 0 Å². The highest BCUT2D eigenvalue weighted by Gasteiger charge is 2.32. The van der Waals surface area contributed by atoms with E-state index in [1.54, 1.807) is 18.2 Å². The Labute approximate surface area is 145 Å². The smallest absolute Gasteiger partial charge is 0.309 e. The van der Waals surface area contributed by atoms with Gasteiger partial charge in [-0.15, -0.1) is 0 Å². The molecule has 0 saturated heterocycles. The SMILES string of the molecule is CN(C)S(=O)(=O)c1ccc(CNCc2ccccc2C(F)(F)F)cc1. The predicted octanol–water partition coefficient (Wildman–Crippen LogP) is 3.25. The van der Waals surface area contributed by atoms with Crippen LogP contribution in [0.5, 0.6) is 0 Å². The maximum absolute atomic E-state index is 12.9. The highest BCUT2D eigenvalue weighted by atomic mass is 32.2. The third kappa shape index (κ3) is 4.81. The second-order valence-electron chi connectivity index (χ2n) is 5.69. The molecular weight excluding hydrogens is 353 g/mol. The summed E-state index contributed by atoms with van der Waals surface area (Å²) in [6.45, 7) is 0.391. The zero-order chi connectivity index (χ0) is 18.7. The molecule has 0 aliphatic rings. The molecule has 0 aliphatic heterocycles. The van der Waals surface area contributed by atoms with Crippen molar-refractivity contribution in [2.75, 3.05) is 14.1 Å². The lowest BCUT2D eigenvalue weighted by Gasteiger charge is -2.14. The summed E-state index contributed by atoms with van der Waals surface area (Å²) in [5.41, 5.74) is 0.291. The van der Waals surface area contributed by atoms with Gasteiger partial charge in [-0.1, -0.05) is 30.3 Å². The normalized spacial score (nSPS) is 12.6. The van der Waals surface area contributed by atoms with Gasteiger partial charge in [0, 0.05) is 27.2 Å². The number of alkyl halides is 3. The maximum Gasteiger partial charge on any atom is 0.416 e. The van der Waals surface area contributed by atoms with Crippen molar-refractivity contribution >= 4 is 10.0 Å². The van der Waals surface area contributed by atoms with E-state index < -0.39 is 21.8 Å². The summed E-state index contributed by atoms with van der Waals surface area (Å²) >= 11 is 0. The minimum Gasteiger partial charge on any atom is -0.309 e. The van der Waals surface area contributed by atoms with Crippen molar-refractivity contribution in [3.63, 3.8) is 0 Å². The Morgan fingerprint density at radius 1 is 0.960 bits per heavy atom. The summed E-state index contributed by atoms with van der Waals surface area (Å²) in [4.78, 5) is 0.170. The summed E-state index contributed by atoms with van der Waals surface area (Å²) in [6.07, 6.45) is -4.39. The second kappa shape index (κ2) is 7.55. The maximum atomic E-state index is 12.9. The van der Waals surface area contributed by atoms with Gasteiger partial charge in [0.1, 0.15) is 0 Å². The van der Waals surface area contributed by atoms with Gasteiger partial charge >= 0.3 is 6.18 Å². The molecule has 0 unspecified atom stereocenters. The zero-order valence-corrected chi connectivity index (χ0v) is 14.7. The van der Waals surface area contributed by atoms with Crippen LogP contribution in [0.2, 0.25) is 0 Å². The third-order valence-electron chi connectivity index (χ3n) is 3.67. The molecular formula is C17H19F3N2O2S. The first-order chi connectivity index (χ1) is 11.6. The molecule has 0 bridgehead atoms. The van der Waals surface area contributed by atoms with Gasteiger partial charge in [0.25, 0.3) is 0 Å². The van der Waals surface area contributed by atoms with Gasteiger partial charge < -0.3 is 5.32 Å². The minimum absolute atomic E-state index is 0.0629. The fourth-order valence-corrected chi connectivity index (χ4v) is 3.18. The van der Waals surface area contributed by atoms with Crippen LogP contribution < -0.4 is 5.32 Å². The molecule has 0 amide bonds. The summed E-state index contributed by atoms with van der Waals surface area (Å²) < 4.78 is 63.9. The number of rotatable bonds is 6. The highest BCUT2D eigenvalue weighted by Crippen LogP contribution is 2.31. The fourth-order valence-electron chi connectivity index (χ4n) is 2.28. The first-order valence-corrected chi connectivity index (χ1v) is 8.93. The molecule has 25 heavy (non-hydrogen) atoms. The lowest BCUT2D eigenvalue weighted by molar-refractivity contribution is -0.138. The van der Waals surface area contributed by atoms with E-state index in [1.807, 2.05) is 0 Å². The molecule has 136 valence electrons. The topological polar surface area (TPSA) is 49.4 Å². The van der Waals surface area contributed by atoms with E-state index in [-0.39, 0.29) is 17.0 Å². The quantitative estimate of drug-likeness (QED) is 0.847. The van der Waals surface area contributed by atoms with Crippen LogP contribution in [0.4, 0.5) is 13.2 Å². The monoisotopic (exact) mass is 372 g/mol. The molecule has 2 rings (SSSR count). The standard InChI is InChI=1S/C17H19F3N2O2S/c1-22(2)25(23,24)15-9-7-13(8-10-15)11-21-12-14-5-3-4-6-16(14)17(18,19)20/h3-10,21H,11-12H2,1-2H3. The molecule has 8 heteroatoms. The average Bonchev–Trinajstić information content (AvgIpc) is 2.54. The number of halogens is 3. The molecule has 0 fully saturated rings. The third-order valence-corrected chi connectivity index (χ3v) is 5.50. The molecule has 2 aromatic rings. The van der Waals surface area contributed by atoms with E-state index in [2.05, 4.69) is 5.32 Å². The average molecular weight is 372 g/mol. The molecule has 1 N–H and O–H groups in total. The number of nitrogens with zero attached hydrogens (tertiary/aromatic N) is 1. The molecule has 4 nitrogen and oxygen atoms in total. The van der Waals surface area contributed by atoms with Crippen LogP contribution in [0.25, 0.3) is 0 Å². The molecule has 2 aromatic carbocycles. The zero-order valence-electron chi connectivity index (χ0n) is 13.8. The molecule has 0 aliphatic carbocycles. The number of benzene rings is 2. The van der Waals surface area contributed by atoms with Gasteiger partial charge in [0.05, 0.1) is 10.5 Å². The number of nitrogens with one attached hydrogen (secondary N) is 1. The van der Waals surface area contributed by atoms with Crippen molar-refractivity contribution in [3.8, 4) is 0 Å². The number of sulfonamides is 1. The first-order valence-electron chi connectivity index (χ1n) is 7.49. The van der Waals surface area contributed by atoms with Crippen LogP contribution >= 0.6 is 0 Å².